The SMILES string of the molecule is CS(=O)(=O)N1Cc2ccnn2CC[C@H]1COc1ncccc1F. The second-order valence-electron chi connectivity index (χ2n) is 5.40. The monoisotopic (exact) mass is 340 g/mol. The molecule has 0 radical (unpaired) electrons. The van der Waals surface area contributed by atoms with E-state index in [1.165, 1.54) is 22.6 Å². The molecule has 0 amide bonds. The van der Waals surface area contributed by atoms with Crippen LogP contribution in [0.5, 0.6) is 5.88 Å². The lowest BCUT2D eigenvalue weighted by Crippen LogP contribution is -2.42. The maximum Gasteiger partial charge on any atom is 0.250 e. The summed E-state index contributed by atoms with van der Waals surface area (Å²) >= 11 is 0. The van der Waals surface area contributed by atoms with Crippen LogP contribution in [0.3, 0.4) is 0 Å². The van der Waals surface area contributed by atoms with Crippen molar-refractivity contribution < 1.29 is 17.5 Å². The molecule has 1 atom stereocenters. The van der Waals surface area contributed by atoms with Crippen LogP contribution < -0.4 is 4.74 Å². The lowest BCUT2D eigenvalue weighted by atomic mass is 10.2. The molecule has 3 heterocycles. The van der Waals surface area contributed by atoms with Gasteiger partial charge in [0.15, 0.2) is 5.82 Å². The number of fused-ring (bicyclic) bond motifs is 1. The Morgan fingerprint density at radius 3 is 2.96 bits per heavy atom. The molecule has 9 heteroatoms. The topological polar surface area (TPSA) is 77.3 Å². The summed E-state index contributed by atoms with van der Waals surface area (Å²) in [4.78, 5) is 3.82. The Morgan fingerprint density at radius 2 is 2.22 bits per heavy atom. The molecule has 7 nitrogen and oxygen atoms in total. The minimum Gasteiger partial charge on any atom is -0.474 e. The summed E-state index contributed by atoms with van der Waals surface area (Å²) in [5, 5.41) is 4.18. The standard InChI is InChI=1S/C14H17FN4O3S/c1-23(20,21)19-9-11-4-7-17-18(11)8-5-12(19)10-22-14-13(15)3-2-6-16-14/h2-4,6-7,12H,5,8-10H2,1H3/t12-/m0/s1. The van der Waals surface area contributed by atoms with E-state index in [9.17, 15) is 12.8 Å². The first kappa shape index (κ1) is 15.9. The minimum atomic E-state index is -3.44. The summed E-state index contributed by atoms with van der Waals surface area (Å²) < 4.78 is 46.4. The molecule has 0 fully saturated rings. The summed E-state index contributed by atoms with van der Waals surface area (Å²) in [5.74, 6) is -0.692. The molecule has 0 unspecified atom stereocenters. The van der Waals surface area contributed by atoms with E-state index < -0.39 is 21.9 Å². The Morgan fingerprint density at radius 1 is 1.39 bits per heavy atom. The predicted molar refractivity (Wildman–Crippen MR) is 80.7 cm³/mol. The van der Waals surface area contributed by atoms with E-state index >= 15 is 0 Å². The lowest BCUT2D eigenvalue weighted by Gasteiger charge is -2.27. The predicted octanol–water partition coefficient (Wildman–Crippen LogP) is 1.03. The highest BCUT2D eigenvalue weighted by atomic mass is 32.2. The molecule has 124 valence electrons. The zero-order valence-corrected chi connectivity index (χ0v) is 13.4. The Kier molecular flexibility index (Phi) is 4.31. The number of hydrogen-bond donors (Lipinski definition) is 0. The molecule has 2 aromatic heterocycles. The number of aromatic nitrogens is 3. The van der Waals surface area contributed by atoms with Crippen LogP contribution in [-0.2, 0) is 23.1 Å². The second-order valence-corrected chi connectivity index (χ2v) is 7.33. The maximum absolute atomic E-state index is 13.6. The average molecular weight is 340 g/mol. The first-order chi connectivity index (χ1) is 10.9. The van der Waals surface area contributed by atoms with Crippen LogP contribution in [0.15, 0.2) is 30.6 Å². The summed E-state index contributed by atoms with van der Waals surface area (Å²) in [6.07, 6.45) is 4.76. The van der Waals surface area contributed by atoms with Crippen LogP contribution in [0.1, 0.15) is 12.1 Å². The van der Waals surface area contributed by atoms with E-state index in [0.29, 0.717) is 13.0 Å². The molecule has 0 saturated carbocycles. The van der Waals surface area contributed by atoms with Gasteiger partial charge in [0.2, 0.25) is 15.9 Å². The normalized spacial score (nSPS) is 19.1. The highest BCUT2D eigenvalue weighted by molar-refractivity contribution is 7.88. The van der Waals surface area contributed by atoms with Crippen molar-refractivity contribution in [2.75, 3.05) is 12.9 Å². The molecule has 1 aliphatic rings. The third-order valence-electron chi connectivity index (χ3n) is 3.77. The van der Waals surface area contributed by atoms with Crippen molar-refractivity contribution in [2.24, 2.45) is 0 Å². The molecule has 0 aromatic carbocycles. The van der Waals surface area contributed by atoms with Crippen LogP contribution in [0.25, 0.3) is 0 Å². The first-order valence-corrected chi connectivity index (χ1v) is 9.01. The van der Waals surface area contributed by atoms with Gasteiger partial charge in [0.1, 0.15) is 6.61 Å². The van der Waals surface area contributed by atoms with Crippen LogP contribution in [0.4, 0.5) is 4.39 Å². The number of pyridine rings is 1. The van der Waals surface area contributed by atoms with Crippen molar-refractivity contribution in [2.45, 2.75) is 25.6 Å². The molecule has 1 aliphatic heterocycles. The van der Waals surface area contributed by atoms with Gasteiger partial charge in [-0.05, 0) is 24.6 Å². The fourth-order valence-electron chi connectivity index (χ4n) is 2.61. The molecule has 23 heavy (non-hydrogen) atoms. The number of rotatable bonds is 4. The highest BCUT2D eigenvalue weighted by Gasteiger charge is 2.31. The quantitative estimate of drug-likeness (QED) is 0.831. The molecule has 0 bridgehead atoms. The van der Waals surface area contributed by atoms with Crippen LogP contribution >= 0.6 is 0 Å². The van der Waals surface area contributed by atoms with Gasteiger partial charge in [0.05, 0.1) is 24.5 Å². The number of nitrogens with zero attached hydrogens (tertiary/aromatic N) is 4. The van der Waals surface area contributed by atoms with Crippen LogP contribution in [0, 0.1) is 5.82 Å². The van der Waals surface area contributed by atoms with E-state index in [1.807, 2.05) is 0 Å². The zero-order valence-electron chi connectivity index (χ0n) is 12.6. The van der Waals surface area contributed by atoms with Gasteiger partial charge in [-0.25, -0.2) is 17.8 Å². The summed E-state index contributed by atoms with van der Waals surface area (Å²) in [7, 11) is -3.44. The third-order valence-corrected chi connectivity index (χ3v) is 5.05. The molecule has 0 aliphatic carbocycles. The van der Waals surface area contributed by atoms with Crippen LogP contribution in [-0.4, -0.2) is 46.4 Å². The Hall–Kier alpha value is -2.00. The third kappa shape index (κ3) is 3.50. The number of sulfonamides is 1. The van der Waals surface area contributed by atoms with Gasteiger partial charge in [0, 0.05) is 18.9 Å². The van der Waals surface area contributed by atoms with E-state index in [-0.39, 0.29) is 19.0 Å². The van der Waals surface area contributed by atoms with E-state index in [4.69, 9.17) is 4.74 Å². The number of halogens is 1. The van der Waals surface area contributed by atoms with Gasteiger partial charge >= 0.3 is 0 Å². The first-order valence-electron chi connectivity index (χ1n) is 7.16. The van der Waals surface area contributed by atoms with E-state index in [2.05, 4.69) is 10.1 Å². The van der Waals surface area contributed by atoms with E-state index in [1.54, 1.807) is 16.9 Å². The van der Waals surface area contributed by atoms with Crippen molar-refractivity contribution in [1.29, 1.82) is 0 Å². The molecule has 0 N–H and O–H groups in total. The van der Waals surface area contributed by atoms with Gasteiger partial charge in [0.25, 0.3) is 0 Å². The molecule has 0 spiro atoms. The fraction of sp³-hybridized carbons (Fsp3) is 0.429. The van der Waals surface area contributed by atoms with Crippen molar-refractivity contribution in [3.8, 4) is 5.88 Å². The average Bonchev–Trinajstić information content (AvgIpc) is 2.86. The Balaban J connectivity index is 1.79. The van der Waals surface area contributed by atoms with Gasteiger partial charge < -0.3 is 4.74 Å². The van der Waals surface area contributed by atoms with Gasteiger partial charge in [-0.1, -0.05) is 0 Å². The lowest BCUT2D eigenvalue weighted by molar-refractivity contribution is 0.185. The molecular formula is C14H17FN4O3S. The smallest absolute Gasteiger partial charge is 0.250 e. The molecule has 2 aromatic rings. The summed E-state index contributed by atoms with van der Waals surface area (Å²) in [6, 6.07) is 4.10. The molecule has 0 saturated heterocycles. The van der Waals surface area contributed by atoms with Crippen molar-refractivity contribution in [1.82, 2.24) is 19.1 Å². The summed E-state index contributed by atoms with van der Waals surface area (Å²) in [5.41, 5.74) is 0.821. The van der Waals surface area contributed by atoms with Crippen molar-refractivity contribution in [3.05, 3.63) is 42.1 Å². The Bertz CT molecular complexity index is 793. The fourth-order valence-corrected chi connectivity index (χ4v) is 3.68. The minimum absolute atomic E-state index is 0.0336. The van der Waals surface area contributed by atoms with Crippen molar-refractivity contribution >= 4 is 10.0 Å². The van der Waals surface area contributed by atoms with E-state index in [0.717, 1.165) is 11.9 Å². The molecular weight excluding hydrogens is 323 g/mol. The number of aryl methyl sites for hydroxylation is 1. The zero-order chi connectivity index (χ0) is 16.4. The van der Waals surface area contributed by atoms with Gasteiger partial charge in [-0.3, -0.25) is 4.68 Å². The number of hydrogen-bond acceptors (Lipinski definition) is 5. The van der Waals surface area contributed by atoms with Gasteiger partial charge in [-0.15, -0.1) is 0 Å². The summed E-state index contributed by atoms with van der Waals surface area (Å²) in [6.45, 7) is 0.830. The largest absolute Gasteiger partial charge is 0.474 e. The van der Waals surface area contributed by atoms with Crippen molar-refractivity contribution in [3.63, 3.8) is 0 Å². The molecule has 3 rings (SSSR count). The van der Waals surface area contributed by atoms with Crippen LogP contribution in [0.2, 0.25) is 0 Å². The maximum atomic E-state index is 13.6. The van der Waals surface area contributed by atoms with Gasteiger partial charge in [-0.2, -0.15) is 9.40 Å². The Labute approximate surface area is 133 Å². The highest BCUT2D eigenvalue weighted by Crippen LogP contribution is 2.21. The second kappa shape index (κ2) is 6.25. The number of ether oxygens (including phenoxy) is 1.